The quantitative estimate of drug-likeness (QED) is 0.740. The third-order valence-electron chi connectivity index (χ3n) is 2.83. The summed E-state index contributed by atoms with van der Waals surface area (Å²) in [6.45, 7) is 12.7. The van der Waals surface area contributed by atoms with Crippen LogP contribution in [0.4, 0.5) is 0 Å². The fraction of sp³-hybridized carbons (Fsp3) is 0.250. The number of nitrogens with zero attached hydrogens (tertiary/aromatic N) is 1. The van der Waals surface area contributed by atoms with E-state index in [1.54, 1.807) is 0 Å². The molecule has 1 nitrogen and oxygen atoms in total. The van der Waals surface area contributed by atoms with E-state index >= 15 is 0 Å². The molecule has 0 amide bonds. The Balaban J connectivity index is 2.58. The van der Waals surface area contributed by atoms with Crippen LogP contribution in [0.1, 0.15) is 26.5 Å². The Hall–Kier alpha value is -0.330. The number of rotatable bonds is 2. The average molecular weight is 369 g/mol. The Morgan fingerprint density at radius 1 is 1.05 bits per heavy atom. The van der Waals surface area contributed by atoms with Crippen molar-refractivity contribution in [1.29, 1.82) is 0 Å². The molecule has 0 spiro atoms. The molecule has 1 atom stereocenters. The van der Waals surface area contributed by atoms with Gasteiger partial charge in [-0.3, -0.25) is 0 Å². The molecule has 1 aromatic heterocycles. The van der Waals surface area contributed by atoms with Crippen LogP contribution in [0.3, 0.4) is 0 Å². The second kappa shape index (κ2) is 5.97. The molecule has 1 unspecified atom stereocenters. The summed E-state index contributed by atoms with van der Waals surface area (Å²) in [5, 5.41) is 1.63. The van der Waals surface area contributed by atoms with E-state index in [1.807, 2.05) is 12.1 Å². The maximum absolute atomic E-state index is 5.86. The topological polar surface area (TPSA) is 12.9 Å². The van der Waals surface area contributed by atoms with Crippen molar-refractivity contribution in [1.82, 2.24) is 4.98 Å². The van der Waals surface area contributed by atoms with Gasteiger partial charge in [-0.05, 0) is 0 Å². The van der Waals surface area contributed by atoms with E-state index in [0.29, 0.717) is 5.69 Å². The van der Waals surface area contributed by atoms with Gasteiger partial charge in [0.15, 0.2) is 0 Å². The predicted octanol–water partition coefficient (Wildman–Crippen LogP) is 2.17. The van der Waals surface area contributed by atoms with E-state index < -0.39 is 7.92 Å². The van der Waals surface area contributed by atoms with Crippen molar-refractivity contribution in [3.05, 3.63) is 55.1 Å². The van der Waals surface area contributed by atoms with E-state index in [-0.39, 0.29) is 5.16 Å². The molecule has 0 saturated heterocycles. The van der Waals surface area contributed by atoms with Gasteiger partial charge in [0.25, 0.3) is 0 Å². The Morgan fingerprint density at radius 3 is 2.32 bits per heavy atom. The standard InChI is InChI=1S/C16H17NP.In/c1-13-9-8-12-15(17-13)18(16(2,3)4)14-10-6-5-7-11-14;/h1,5-10,12H,2-4H3;. The van der Waals surface area contributed by atoms with Gasteiger partial charge in [0, 0.05) is 0 Å². The molecule has 19 heavy (non-hydrogen) atoms. The van der Waals surface area contributed by atoms with Crippen molar-refractivity contribution in [2.75, 3.05) is 0 Å². The zero-order valence-electron chi connectivity index (χ0n) is 11.6. The molecule has 4 radical (unpaired) electrons. The van der Waals surface area contributed by atoms with Gasteiger partial charge in [0.1, 0.15) is 0 Å². The van der Waals surface area contributed by atoms with Crippen LogP contribution >= 0.6 is 7.92 Å². The van der Waals surface area contributed by atoms with Gasteiger partial charge >= 0.3 is 132 Å². The fourth-order valence-electron chi connectivity index (χ4n) is 2.08. The zero-order chi connectivity index (χ0) is 14.0. The number of hydrogen-bond donors (Lipinski definition) is 0. The van der Waals surface area contributed by atoms with Gasteiger partial charge in [-0.15, -0.1) is 0 Å². The summed E-state index contributed by atoms with van der Waals surface area (Å²) >= 11 is 1.13. The zero-order valence-corrected chi connectivity index (χ0v) is 15.8. The molecule has 0 fully saturated rings. The van der Waals surface area contributed by atoms with Crippen LogP contribution < -0.4 is 14.1 Å². The predicted molar refractivity (Wildman–Crippen MR) is 85.4 cm³/mol. The SMILES string of the molecule is [CH]c1cccc(P(c2cccc[c]2[In])C(C)(C)C)n1. The van der Waals surface area contributed by atoms with E-state index in [1.165, 1.54) is 8.62 Å². The molecule has 0 bridgehead atoms. The Labute approximate surface area is 132 Å². The van der Waals surface area contributed by atoms with Crippen LogP contribution in [0.5, 0.6) is 0 Å². The average Bonchev–Trinajstić information content (AvgIpc) is 2.30. The molecule has 2 aromatic rings. The number of benzene rings is 1. The van der Waals surface area contributed by atoms with Crippen LogP contribution in [-0.4, -0.2) is 34.5 Å². The van der Waals surface area contributed by atoms with Crippen LogP contribution in [0.2, 0.25) is 0 Å². The molecule has 94 valence electrons. The molecule has 0 aliphatic heterocycles. The van der Waals surface area contributed by atoms with Crippen LogP contribution in [0, 0.1) is 6.92 Å². The van der Waals surface area contributed by atoms with E-state index in [4.69, 9.17) is 6.92 Å². The van der Waals surface area contributed by atoms with E-state index in [2.05, 4.69) is 56.1 Å². The molecule has 0 saturated carbocycles. The van der Waals surface area contributed by atoms with E-state index in [9.17, 15) is 0 Å². The Bertz CT molecular complexity index is 575. The number of aromatic nitrogens is 1. The first kappa shape index (κ1) is 15.1. The van der Waals surface area contributed by atoms with Gasteiger partial charge in [-0.25, -0.2) is 0 Å². The third kappa shape index (κ3) is 3.61. The Morgan fingerprint density at radius 2 is 1.74 bits per heavy atom. The van der Waals surface area contributed by atoms with Crippen molar-refractivity contribution >= 4 is 46.4 Å². The molecule has 1 heterocycles. The minimum atomic E-state index is -0.488. The van der Waals surface area contributed by atoms with Gasteiger partial charge in [0.05, 0.1) is 0 Å². The normalized spacial score (nSPS) is 13.3. The van der Waals surface area contributed by atoms with E-state index in [0.717, 1.165) is 29.8 Å². The number of pyridine rings is 1. The molecule has 3 heteroatoms. The van der Waals surface area contributed by atoms with Gasteiger partial charge in [0.2, 0.25) is 0 Å². The molecule has 1 aromatic carbocycles. The van der Waals surface area contributed by atoms with Crippen molar-refractivity contribution in [3.8, 4) is 0 Å². The third-order valence-corrected chi connectivity index (χ3v) is 7.90. The first-order valence-electron chi connectivity index (χ1n) is 6.27. The first-order chi connectivity index (χ1) is 8.89. The summed E-state index contributed by atoms with van der Waals surface area (Å²) < 4.78 is 1.46. The molecule has 0 aliphatic rings. The summed E-state index contributed by atoms with van der Waals surface area (Å²) in [7, 11) is -0.488. The van der Waals surface area contributed by atoms with Crippen molar-refractivity contribution in [2.45, 2.75) is 25.9 Å². The van der Waals surface area contributed by atoms with Crippen molar-refractivity contribution < 1.29 is 0 Å². The summed E-state index contributed by atoms with van der Waals surface area (Å²) in [5.74, 6) is 0. The summed E-state index contributed by atoms with van der Waals surface area (Å²) in [6, 6.07) is 14.7. The van der Waals surface area contributed by atoms with Gasteiger partial charge < -0.3 is 0 Å². The van der Waals surface area contributed by atoms with Gasteiger partial charge in [-0.2, -0.15) is 0 Å². The summed E-state index contributed by atoms with van der Waals surface area (Å²) in [4.78, 5) is 4.58. The second-order valence-electron chi connectivity index (χ2n) is 5.49. The fourth-order valence-corrected chi connectivity index (χ4v) is 6.46. The molecule has 0 aliphatic carbocycles. The number of hydrogen-bond acceptors (Lipinski definition) is 1. The monoisotopic (exact) mass is 369 g/mol. The van der Waals surface area contributed by atoms with Crippen LogP contribution in [0.15, 0.2) is 42.5 Å². The van der Waals surface area contributed by atoms with Crippen molar-refractivity contribution in [2.24, 2.45) is 0 Å². The van der Waals surface area contributed by atoms with Gasteiger partial charge in [-0.1, -0.05) is 0 Å². The molecule has 0 N–H and O–H groups in total. The summed E-state index contributed by atoms with van der Waals surface area (Å²) in [5.41, 5.74) is 1.74. The summed E-state index contributed by atoms with van der Waals surface area (Å²) in [6.07, 6.45) is 0. The Kier molecular flexibility index (Phi) is 4.74. The molecule has 2 rings (SSSR count). The maximum atomic E-state index is 5.86. The van der Waals surface area contributed by atoms with Crippen LogP contribution in [0.25, 0.3) is 0 Å². The second-order valence-corrected chi connectivity index (χ2v) is 10.2. The first-order valence-corrected chi connectivity index (χ1v) is 9.26. The van der Waals surface area contributed by atoms with Crippen LogP contribution in [-0.2, 0) is 0 Å². The van der Waals surface area contributed by atoms with Crippen molar-refractivity contribution in [3.63, 3.8) is 0 Å². The molecular weight excluding hydrogens is 352 g/mol. The minimum absolute atomic E-state index is 0.176. The molecular formula is C16H17InNP.